The quantitative estimate of drug-likeness (QED) is 0.302. The Bertz CT molecular complexity index is 1400. The van der Waals surface area contributed by atoms with Crippen molar-refractivity contribution in [2.45, 2.75) is 107 Å². The van der Waals surface area contributed by atoms with Gasteiger partial charge in [0.05, 0.1) is 59.7 Å². The van der Waals surface area contributed by atoms with Crippen LogP contribution in [0.25, 0.3) is 0 Å². The number of rotatable bonds is 2. The average Bonchev–Trinajstić information content (AvgIpc) is 3.26. The highest BCUT2D eigenvalue weighted by Crippen LogP contribution is 2.60. The normalized spacial score (nSPS) is 41.8. The summed E-state index contributed by atoms with van der Waals surface area (Å²) >= 11 is 0. The first kappa shape index (κ1) is 26.1. The van der Waals surface area contributed by atoms with Gasteiger partial charge in [0.25, 0.3) is 0 Å². The van der Waals surface area contributed by atoms with Crippen molar-refractivity contribution in [2.75, 3.05) is 0 Å². The molecule has 12 heteroatoms. The molecule has 10 atom stereocenters. The molecule has 5 heterocycles. The van der Waals surface area contributed by atoms with E-state index in [1.807, 2.05) is 0 Å². The van der Waals surface area contributed by atoms with Crippen molar-refractivity contribution in [3.63, 3.8) is 0 Å². The van der Waals surface area contributed by atoms with Crippen LogP contribution in [0.5, 0.6) is 11.5 Å². The van der Waals surface area contributed by atoms with E-state index in [9.17, 15) is 34.8 Å². The zero-order chi connectivity index (χ0) is 28.4. The molecule has 0 spiro atoms. The van der Waals surface area contributed by atoms with Gasteiger partial charge in [-0.1, -0.05) is 0 Å². The Labute approximate surface area is 228 Å². The van der Waals surface area contributed by atoms with Gasteiger partial charge in [0, 0.05) is 29.5 Å². The van der Waals surface area contributed by atoms with Crippen LogP contribution < -0.4 is 0 Å². The van der Waals surface area contributed by atoms with Crippen molar-refractivity contribution < 1.29 is 58.5 Å². The number of aromatic hydroxyl groups is 2. The standard InChI is InChI=1S/C28H30O12/c1-8-11(29)4-5-16(37-8)39-14-6-12-18-22(28(14,35)10(3)38-12)26(34)20-19(24(18)32)25(33)21-17(23(20)31)9(2)36-13-7-15(30)40-27(13)21/h8-14,16,27,29,32,34-35H,4-7H2,1-3H3/t8?,9-,10+,11?,12?,13-,14?,16?,27+,28?/m0/s1. The Morgan fingerprint density at radius 1 is 0.925 bits per heavy atom. The zero-order valence-corrected chi connectivity index (χ0v) is 22.1. The smallest absolute Gasteiger partial charge is 0.309 e. The molecule has 0 saturated carbocycles. The number of benzene rings is 1. The van der Waals surface area contributed by atoms with Gasteiger partial charge in [0.2, 0.25) is 0 Å². The van der Waals surface area contributed by atoms with Gasteiger partial charge < -0.3 is 44.1 Å². The van der Waals surface area contributed by atoms with E-state index < -0.39 is 101 Å². The predicted molar refractivity (Wildman–Crippen MR) is 131 cm³/mol. The number of hydrogen-bond donors (Lipinski definition) is 4. The lowest BCUT2D eigenvalue weighted by Crippen LogP contribution is -2.60. The molecule has 1 aromatic carbocycles. The number of aliphatic hydroxyl groups is 2. The van der Waals surface area contributed by atoms with Crippen LogP contribution in [0.1, 0.15) is 84.4 Å². The van der Waals surface area contributed by atoms with Crippen LogP contribution in [0.3, 0.4) is 0 Å². The maximum Gasteiger partial charge on any atom is 0.309 e. The summed E-state index contributed by atoms with van der Waals surface area (Å²) in [6.45, 7) is 4.88. The molecule has 40 heavy (non-hydrogen) atoms. The first-order valence-electron chi connectivity index (χ1n) is 13.6. The molecule has 8 rings (SSSR count). The molecule has 6 unspecified atom stereocenters. The van der Waals surface area contributed by atoms with Gasteiger partial charge >= 0.3 is 5.97 Å². The number of ether oxygens (including phenoxy) is 5. The van der Waals surface area contributed by atoms with Crippen LogP contribution in [0, 0.1) is 0 Å². The number of Topliss-reactive ketones (excluding diaryl/α,β-unsaturated/α-hetero) is 2. The molecule has 0 radical (unpaired) electrons. The lowest BCUT2D eigenvalue weighted by molar-refractivity contribution is -0.311. The Balaban J connectivity index is 1.35. The number of ketones is 2. The van der Waals surface area contributed by atoms with Gasteiger partial charge in [-0.2, -0.15) is 0 Å². The van der Waals surface area contributed by atoms with Crippen LogP contribution in [0.2, 0.25) is 0 Å². The minimum Gasteiger partial charge on any atom is -0.507 e. The summed E-state index contributed by atoms with van der Waals surface area (Å²) in [5.41, 5.74) is -3.13. The van der Waals surface area contributed by atoms with Crippen molar-refractivity contribution in [2.24, 2.45) is 0 Å². The van der Waals surface area contributed by atoms with Crippen molar-refractivity contribution in [1.29, 1.82) is 0 Å². The van der Waals surface area contributed by atoms with Gasteiger partial charge in [-0.15, -0.1) is 0 Å². The summed E-state index contributed by atoms with van der Waals surface area (Å²) in [4.78, 5) is 39.8. The van der Waals surface area contributed by atoms with Crippen molar-refractivity contribution in [3.8, 4) is 11.5 Å². The largest absolute Gasteiger partial charge is 0.507 e. The van der Waals surface area contributed by atoms with Gasteiger partial charge in [-0.25, -0.2) is 0 Å². The summed E-state index contributed by atoms with van der Waals surface area (Å²) in [7, 11) is 0. The fourth-order valence-corrected chi connectivity index (χ4v) is 7.31. The molecule has 2 bridgehead atoms. The van der Waals surface area contributed by atoms with E-state index in [4.69, 9.17) is 23.7 Å². The molecular weight excluding hydrogens is 528 g/mol. The second-order valence-electron chi connectivity index (χ2n) is 11.5. The molecule has 12 nitrogen and oxygen atoms in total. The Hall–Kier alpha value is -2.87. The highest BCUT2D eigenvalue weighted by molar-refractivity contribution is 6.30. The Morgan fingerprint density at radius 3 is 2.35 bits per heavy atom. The molecule has 3 fully saturated rings. The third kappa shape index (κ3) is 3.25. The highest BCUT2D eigenvalue weighted by Gasteiger charge is 2.62. The predicted octanol–water partition coefficient (Wildman–Crippen LogP) is 1.20. The lowest BCUT2D eigenvalue weighted by Gasteiger charge is -2.54. The molecule has 4 N–H and O–H groups in total. The molecular formula is C28H30O12. The summed E-state index contributed by atoms with van der Waals surface area (Å²) in [5, 5.41) is 45.3. The molecule has 3 saturated heterocycles. The van der Waals surface area contributed by atoms with Crippen molar-refractivity contribution >= 4 is 17.5 Å². The third-order valence-electron chi connectivity index (χ3n) is 9.30. The topological polar surface area (TPSA) is 178 Å². The van der Waals surface area contributed by atoms with Crippen LogP contribution in [-0.4, -0.2) is 87.0 Å². The van der Waals surface area contributed by atoms with Crippen LogP contribution in [-0.2, 0) is 34.1 Å². The Kier molecular flexibility index (Phi) is 5.58. The van der Waals surface area contributed by atoms with E-state index >= 15 is 0 Å². The fourth-order valence-electron chi connectivity index (χ4n) is 7.31. The minimum atomic E-state index is -2.01. The van der Waals surface area contributed by atoms with E-state index in [1.54, 1.807) is 20.8 Å². The zero-order valence-electron chi connectivity index (χ0n) is 22.1. The SMILES string of the molecule is CC1OC(OC2CC3O[C@H](C)C2(O)c2c(O)c4c(c(O)c23)C(=O)C2=C(C4=O)[C@H](C)O[C@H]3CC(=O)O[C@@H]23)CCC1O. The van der Waals surface area contributed by atoms with Crippen LogP contribution in [0.15, 0.2) is 11.1 Å². The van der Waals surface area contributed by atoms with Crippen molar-refractivity contribution in [1.82, 2.24) is 0 Å². The third-order valence-corrected chi connectivity index (χ3v) is 9.30. The molecule has 2 aliphatic carbocycles. The summed E-state index contributed by atoms with van der Waals surface area (Å²) in [6, 6.07) is 0. The molecule has 214 valence electrons. The number of aliphatic hydroxyl groups excluding tert-OH is 1. The fraction of sp³-hybridized carbons (Fsp3) is 0.607. The summed E-state index contributed by atoms with van der Waals surface area (Å²) in [6.07, 6.45) is -6.55. The summed E-state index contributed by atoms with van der Waals surface area (Å²) < 4.78 is 29.1. The number of esters is 1. The number of fused-ring (bicyclic) bond motifs is 5. The maximum absolute atomic E-state index is 13.9. The van der Waals surface area contributed by atoms with Gasteiger partial charge in [0.15, 0.2) is 24.0 Å². The van der Waals surface area contributed by atoms with E-state index in [2.05, 4.69) is 0 Å². The number of phenols is 2. The lowest BCUT2D eigenvalue weighted by atomic mass is 9.66. The molecule has 0 aromatic heterocycles. The van der Waals surface area contributed by atoms with Gasteiger partial charge in [-0.3, -0.25) is 14.4 Å². The monoisotopic (exact) mass is 558 g/mol. The minimum absolute atomic E-state index is 0.00956. The highest BCUT2D eigenvalue weighted by atomic mass is 16.7. The number of phenolic OH excluding ortho intramolecular Hbond substituents is 2. The summed E-state index contributed by atoms with van der Waals surface area (Å²) in [5.74, 6) is -3.30. The molecule has 0 amide bonds. The van der Waals surface area contributed by atoms with Crippen LogP contribution >= 0.6 is 0 Å². The van der Waals surface area contributed by atoms with E-state index in [1.165, 1.54) is 0 Å². The second-order valence-corrected chi connectivity index (χ2v) is 11.5. The maximum atomic E-state index is 13.9. The number of hydrogen-bond acceptors (Lipinski definition) is 12. The van der Waals surface area contributed by atoms with Crippen molar-refractivity contribution in [3.05, 3.63) is 33.4 Å². The second kappa shape index (κ2) is 8.57. The van der Waals surface area contributed by atoms with E-state index in [0.717, 1.165) is 0 Å². The first-order chi connectivity index (χ1) is 18.9. The average molecular weight is 559 g/mol. The Morgan fingerprint density at radius 2 is 1.62 bits per heavy atom. The van der Waals surface area contributed by atoms with Gasteiger partial charge in [0.1, 0.15) is 23.2 Å². The van der Waals surface area contributed by atoms with E-state index in [0.29, 0.717) is 12.8 Å². The van der Waals surface area contributed by atoms with Crippen LogP contribution in [0.4, 0.5) is 0 Å². The molecule has 5 aliphatic heterocycles. The first-order valence-corrected chi connectivity index (χ1v) is 13.6. The van der Waals surface area contributed by atoms with Gasteiger partial charge in [-0.05, 0) is 27.2 Å². The van der Waals surface area contributed by atoms with E-state index in [-0.39, 0.29) is 35.1 Å². The number of carbonyl (C=O) groups is 3. The molecule has 1 aromatic rings. The number of carbonyl (C=O) groups excluding carboxylic acids is 3. The molecule has 7 aliphatic rings.